The molecule has 3 aromatic heterocycles. The summed E-state index contributed by atoms with van der Waals surface area (Å²) in [7, 11) is 3.71. The van der Waals surface area contributed by atoms with Crippen LogP contribution in [-0.2, 0) is 13.6 Å². The van der Waals surface area contributed by atoms with Crippen molar-refractivity contribution >= 4 is 27.6 Å². The molecule has 2 N–H and O–H groups in total. The molecule has 0 atom stereocenters. The fourth-order valence-corrected chi connectivity index (χ4v) is 3.84. The smallest absolute Gasteiger partial charge is 0.139 e. The summed E-state index contributed by atoms with van der Waals surface area (Å²) in [6.07, 6.45) is 3.89. The van der Waals surface area contributed by atoms with E-state index in [2.05, 4.69) is 44.2 Å². The standard InChI is InChI=1S/C24H21FN4O/c1-29-14-20(18-11-17(30-2)7-8-23(18)29)22-12-19-21(9-10-26-24(19)28-22)27-13-15-3-5-16(25)6-4-15/h3-12,14H,13H2,1-2H3,(H2,26,27,28). The second-order valence-corrected chi connectivity index (χ2v) is 7.32. The Morgan fingerprint density at radius 1 is 1.07 bits per heavy atom. The van der Waals surface area contributed by atoms with Gasteiger partial charge in [-0.3, -0.25) is 0 Å². The van der Waals surface area contributed by atoms with Crippen LogP contribution < -0.4 is 10.1 Å². The zero-order chi connectivity index (χ0) is 20.7. The first-order chi connectivity index (χ1) is 14.6. The quantitative estimate of drug-likeness (QED) is 0.411. The fourth-order valence-electron chi connectivity index (χ4n) is 3.84. The maximum atomic E-state index is 13.1. The summed E-state index contributed by atoms with van der Waals surface area (Å²) in [5.74, 6) is 0.595. The highest BCUT2D eigenvalue weighted by molar-refractivity contribution is 6.00. The summed E-state index contributed by atoms with van der Waals surface area (Å²) in [5, 5.41) is 5.56. The van der Waals surface area contributed by atoms with E-state index in [0.29, 0.717) is 6.54 Å². The minimum Gasteiger partial charge on any atom is -0.497 e. The molecule has 0 aliphatic rings. The Kier molecular flexibility index (Phi) is 4.39. The SMILES string of the molecule is COc1ccc2c(c1)c(-c1cc3c(NCc4ccc(F)cc4)ccnc3[nH]1)cn2C. The van der Waals surface area contributed by atoms with E-state index in [1.165, 1.54) is 12.1 Å². The number of nitrogens with one attached hydrogen (secondary N) is 2. The molecule has 0 bridgehead atoms. The number of methoxy groups -OCH3 is 1. The number of nitrogens with zero attached hydrogens (tertiary/aromatic N) is 2. The number of pyridine rings is 1. The molecule has 30 heavy (non-hydrogen) atoms. The van der Waals surface area contributed by atoms with Gasteiger partial charge in [0, 0.05) is 59.2 Å². The van der Waals surface area contributed by atoms with Gasteiger partial charge in [-0.1, -0.05) is 12.1 Å². The normalized spacial score (nSPS) is 11.3. The molecule has 0 spiro atoms. The van der Waals surface area contributed by atoms with Crippen LogP contribution in [0.3, 0.4) is 0 Å². The van der Waals surface area contributed by atoms with Gasteiger partial charge < -0.3 is 19.6 Å². The Balaban J connectivity index is 1.53. The van der Waals surface area contributed by atoms with Gasteiger partial charge in [0.2, 0.25) is 0 Å². The Hall–Kier alpha value is -3.80. The van der Waals surface area contributed by atoms with Gasteiger partial charge in [-0.15, -0.1) is 0 Å². The van der Waals surface area contributed by atoms with Gasteiger partial charge >= 0.3 is 0 Å². The summed E-state index contributed by atoms with van der Waals surface area (Å²) in [5.41, 5.74) is 6.02. The van der Waals surface area contributed by atoms with Crippen LogP contribution in [0.2, 0.25) is 0 Å². The van der Waals surface area contributed by atoms with Gasteiger partial charge in [-0.2, -0.15) is 0 Å². The Morgan fingerprint density at radius 3 is 2.70 bits per heavy atom. The molecule has 3 heterocycles. The highest BCUT2D eigenvalue weighted by Gasteiger charge is 2.14. The number of hydrogen-bond acceptors (Lipinski definition) is 3. The van der Waals surface area contributed by atoms with Crippen molar-refractivity contribution in [2.75, 3.05) is 12.4 Å². The van der Waals surface area contributed by atoms with Crippen molar-refractivity contribution in [2.45, 2.75) is 6.54 Å². The van der Waals surface area contributed by atoms with E-state index in [0.717, 1.165) is 50.2 Å². The first-order valence-electron chi connectivity index (χ1n) is 9.72. The molecule has 0 aliphatic heterocycles. The van der Waals surface area contributed by atoms with Crippen LogP contribution in [0.4, 0.5) is 10.1 Å². The summed E-state index contributed by atoms with van der Waals surface area (Å²) in [6, 6.07) is 16.7. The lowest BCUT2D eigenvalue weighted by atomic mass is 10.1. The number of aromatic amines is 1. The van der Waals surface area contributed by atoms with Crippen LogP contribution in [-0.4, -0.2) is 21.6 Å². The predicted molar refractivity (Wildman–Crippen MR) is 118 cm³/mol. The lowest BCUT2D eigenvalue weighted by Gasteiger charge is -2.07. The molecule has 5 nitrogen and oxygen atoms in total. The van der Waals surface area contributed by atoms with Crippen molar-refractivity contribution in [3.63, 3.8) is 0 Å². The highest BCUT2D eigenvalue weighted by Crippen LogP contribution is 2.35. The third kappa shape index (κ3) is 3.16. The average molecular weight is 400 g/mol. The van der Waals surface area contributed by atoms with Crippen LogP contribution in [0.25, 0.3) is 33.2 Å². The number of fused-ring (bicyclic) bond motifs is 2. The first kappa shape index (κ1) is 18.2. The van der Waals surface area contributed by atoms with E-state index in [4.69, 9.17) is 4.74 Å². The lowest BCUT2D eigenvalue weighted by molar-refractivity contribution is 0.415. The molecule has 6 heteroatoms. The summed E-state index contributed by atoms with van der Waals surface area (Å²) >= 11 is 0. The molecule has 0 saturated heterocycles. The number of hydrogen-bond donors (Lipinski definition) is 2. The monoisotopic (exact) mass is 400 g/mol. The van der Waals surface area contributed by atoms with Gasteiger partial charge in [0.1, 0.15) is 17.2 Å². The van der Waals surface area contributed by atoms with Gasteiger partial charge in [0.05, 0.1) is 7.11 Å². The van der Waals surface area contributed by atoms with Gasteiger partial charge in [0.15, 0.2) is 0 Å². The van der Waals surface area contributed by atoms with Crippen LogP contribution in [0.15, 0.2) is 67.0 Å². The Bertz CT molecular complexity index is 1350. The highest BCUT2D eigenvalue weighted by atomic mass is 19.1. The van der Waals surface area contributed by atoms with Crippen molar-refractivity contribution in [2.24, 2.45) is 7.05 Å². The number of aryl methyl sites for hydroxylation is 1. The maximum absolute atomic E-state index is 13.1. The number of halogens is 1. The summed E-state index contributed by atoms with van der Waals surface area (Å²) < 4.78 is 20.7. The number of ether oxygens (including phenoxy) is 1. The van der Waals surface area contributed by atoms with E-state index < -0.39 is 0 Å². The molecule has 0 saturated carbocycles. The molecular formula is C24H21FN4O. The van der Waals surface area contributed by atoms with Crippen molar-refractivity contribution in [3.05, 3.63) is 78.4 Å². The molecule has 2 aromatic carbocycles. The average Bonchev–Trinajstić information content (AvgIpc) is 3.34. The number of anilines is 1. The summed E-state index contributed by atoms with van der Waals surface area (Å²) in [4.78, 5) is 7.94. The molecule has 5 rings (SSSR count). The minimum atomic E-state index is -0.230. The van der Waals surface area contributed by atoms with Gasteiger partial charge in [-0.05, 0) is 48.0 Å². The van der Waals surface area contributed by atoms with E-state index in [1.54, 1.807) is 25.4 Å². The van der Waals surface area contributed by atoms with E-state index in [9.17, 15) is 4.39 Å². The number of H-pyrrole nitrogens is 1. The first-order valence-corrected chi connectivity index (χ1v) is 9.72. The molecule has 0 radical (unpaired) electrons. The second kappa shape index (κ2) is 7.22. The molecule has 150 valence electrons. The van der Waals surface area contributed by atoms with Crippen molar-refractivity contribution in [1.82, 2.24) is 14.5 Å². The van der Waals surface area contributed by atoms with Crippen molar-refractivity contribution in [3.8, 4) is 17.0 Å². The molecule has 0 unspecified atom stereocenters. The molecular weight excluding hydrogens is 379 g/mol. The number of rotatable bonds is 5. The zero-order valence-electron chi connectivity index (χ0n) is 16.7. The van der Waals surface area contributed by atoms with Crippen LogP contribution in [0.1, 0.15) is 5.56 Å². The fraction of sp³-hybridized carbons (Fsp3) is 0.125. The maximum Gasteiger partial charge on any atom is 0.139 e. The van der Waals surface area contributed by atoms with Crippen LogP contribution in [0, 0.1) is 5.82 Å². The topological polar surface area (TPSA) is 54.9 Å². The van der Waals surface area contributed by atoms with Crippen molar-refractivity contribution < 1.29 is 9.13 Å². The van der Waals surface area contributed by atoms with Crippen LogP contribution >= 0.6 is 0 Å². The number of aromatic nitrogens is 3. The van der Waals surface area contributed by atoms with Gasteiger partial charge in [0.25, 0.3) is 0 Å². The van der Waals surface area contributed by atoms with Crippen LogP contribution in [0.5, 0.6) is 5.75 Å². The molecule has 0 fully saturated rings. The number of benzene rings is 2. The molecule has 0 amide bonds. The lowest BCUT2D eigenvalue weighted by Crippen LogP contribution is -1.99. The van der Waals surface area contributed by atoms with Gasteiger partial charge in [-0.25, -0.2) is 9.37 Å². The largest absolute Gasteiger partial charge is 0.497 e. The van der Waals surface area contributed by atoms with E-state index >= 15 is 0 Å². The second-order valence-electron chi connectivity index (χ2n) is 7.32. The van der Waals surface area contributed by atoms with E-state index in [1.807, 2.05) is 19.2 Å². The molecule has 5 aromatic rings. The third-order valence-corrected chi connectivity index (χ3v) is 5.41. The van der Waals surface area contributed by atoms with Crippen molar-refractivity contribution in [1.29, 1.82) is 0 Å². The zero-order valence-corrected chi connectivity index (χ0v) is 16.7. The summed E-state index contributed by atoms with van der Waals surface area (Å²) in [6.45, 7) is 0.603. The Labute approximate surface area is 173 Å². The van der Waals surface area contributed by atoms with E-state index in [-0.39, 0.29) is 5.82 Å². The predicted octanol–water partition coefficient (Wildman–Crippen LogP) is 5.48. The third-order valence-electron chi connectivity index (χ3n) is 5.41. The molecule has 0 aliphatic carbocycles. The minimum absolute atomic E-state index is 0.230. The Morgan fingerprint density at radius 2 is 1.90 bits per heavy atom.